The van der Waals surface area contributed by atoms with E-state index in [2.05, 4.69) is 20.2 Å². The number of nitrogens with two attached hydrogens (primary N) is 1. The van der Waals surface area contributed by atoms with Crippen molar-refractivity contribution < 1.29 is 0 Å². The molecule has 0 spiro atoms. The van der Waals surface area contributed by atoms with Crippen molar-refractivity contribution in [3.8, 4) is 6.07 Å². The molecule has 2 aromatic heterocycles. The molecule has 1 aliphatic rings. The normalized spacial score (nSPS) is 14.3. The number of pyridine rings is 2. The van der Waals surface area contributed by atoms with E-state index < -0.39 is 0 Å². The second kappa shape index (κ2) is 6.42. The van der Waals surface area contributed by atoms with Crippen LogP contribution < -0.4 is 16.0 Å². The highest BCUT2D eigenvalue weighted by atomic mass is 15.2. The fourth-order valence-corrected chi connectivity index (χ4v) is 2.51. The van der Waals surface area contributed by atoms with Gasteiger partial charge in [-0.25, -0.2) is 9.97 Å². The molecule has 0 atom stereocenters. The van der Waals surface area contributed by atoms with Crippen LogP contribution in [0.15, 0.2) is 30.5 Å². The molecule has 3 heterocycles. The van der Waals surface area contributed by atoms with Gasteiger partial charge in [0.2, 0.25) is 0 Å². The topological polar surface area (TPSA) is 115 Å². The van der Waals surface area contributed by atoms with Gasteiger partial charge in [-0.1, -0.05) is 6.07 Å². The first kappa shape index (κ1) is 14.9. The number of piperazine rings is 1. The van der Waals surface area contributed by atoms with Crippen molar-refractivity contribution >= 4 is 17.2 Å². The summed E-state index contributed by atoms with van der Waals surface area (Å²) in [6.45, 7) is 3.62. The summed E-state index contributed by atoms with van der Waals surface area (Å²) in [5.41, 5.74) is 7.70. The monoisotopic (exact) mass is 307 g/mol. The Morgan fingerprint density at radius 2 is 2.13 bits per heavy atom. The van der Waals surface area contributed by atoms with E-state index in [0.717, 1.165) is 32.0 Å². The second-order valence-corrected chi connectivity index (χ2v) is 5.26. The Hall–Kier alpha value is -2.98. The van der Waals surface area contributed by atoms with Crippen LogP contribution in [-0.2, 0) is 0 Å². The van der Waals surface area contributed by atoms with Crippen molar-refractivity contribution in [1.29, 1.82) is 10.7 Å². The van der Waals surface area contributed by atoms with E-state index in [-0.39, 0.29) is 11.4 Å². The Kier molecular flexibility index (Phi) is 4.17. The number of hydrogen-bond donors (Lipinski definition) is 3. The van der Waals surface area contributed by atoms with Gasteiger partial charge >= 0.3 is 0 Å². The van der Waals surface area contributed by atoms with Crippen LogP contribution in [0.1, 0.15) is 17.0 Å². The Bertz CT molecular complexity index is 772. The highest BCUT2D eigenvalue weighted by molar-refractivity contribution is 6.12. The summed E-state index contributed by atoms with van der Waals surface area (Å²) in [6.07, 6.45) is 1.41. The number of anilines is 2. The van der Waals surface area contributed by atoms with E-state index in [1.165, 1.54) is 12.3 Å². The Morgan fingerprint density at radius 3 is 2.87 bits per heavy atom. The minimum Gasteiger partial charge on any atom is -0.397 e. The lowest BCUT2D eigenvalue weighted by Crippen LogP contribution is -2.44. The van der Waals surface area contributed by atoms with Gasteiger partial charge in [-0.2, -0.15) is 5.26 Å². The number of nitrogens with zero attached hydrogens (tertiary/aromatic N) is 4. The molecule has 0 aromatic carbocycles. The van der Waals surface area contributed by atoms with Gasteiger partial charge in [0, 0.05) is 31.7 Å². The molecule has 1 aliphatic heterocycles. The zero-order valence-electron chi connectivity index (χ0n) is 12.6. The van der Waals surface area contributed by atoms with E-state index in [9.17, 15) is 0 Å². The molecule has 3 rings (SSSR count). The van der Waals surface area contributed by atoms with Gasteiger partial charge in [0.1, 0.15) is 17.6 Å². The SMILES string of the molecule is N#Cc1cc(C(=N)c2cccc(N3CCNCC3)n2)c(N)cn1. The molecule has 116 valence electrons. The lowest BCUT2D eigenvalue weighted by molar-refractivity contribution is 0.585. The largest absolute Gasteiger partial charge is 0.397 e. The third-order valence-electron chi connectivity index (χ3n) is 3.75. The number of nitrogen functional groups attached to an aromatic ring is 1. The average Bonchev–Trinajstić information content (AvgIpc) is 2.62. The van der Waals surface area contributed by atoms with Gasteiger partial charge in [-0.05, 0) is 18.2 Å². The van der Waals surface area contributed by atoms with Crippen LogP contribution in [0, 0.1) is 16.7 Å². The Labute approximate surface area is 134 Å². The summed E-state index contributed by atoms with van der Waals surface area (Å²) in [6, 6.07) is 9.10. The standard InChI is InChI=1S/C16H17N7/c17-9-11-8-12(13(18)10-21-11)16(19)14-2-1-3-15(22-14)23-6-4-20-5-7-23/h1-3,8,10,19-20H,4-7,18H2. The van der Waals surface area contributed by atoms with Crippen LogP contribution in [0.3, 0.4) is 0 Å². The average molecular weight is 307 g/mol. The molecule has 0 amide bonds. The van der Waals surface area contributed by atoms with Crippen molar-refractivity contribution in [2.75, 3.05) is 36.8 Å². The highest BCUT2D eigenvalue weighted by Gasteiger charge is 2.15. The molecular weight excluding hydrogens is 290 g/mol. The van der Waals surface area contributed by atoms with Gasteiger partial charge < -0.3 is 16.0 Å². The molecule has 1 saturated heterocycles. The maximum absolute atomic E-state index is 8.97. The summed E-state index contributed by atoms with van der Waals surface area (Å²) in [7, 11) is 0. The van der Waals surface area contributed by atoms with Crippen LogP contribution in [0.25, 0.3) is 0 Å². The van der Waals surface area contributed by atoms with Gasteiger partial charge in [0.05, 0.1) is 23.3 Å². The zero-order chi connectivity index (χ0) is 16.2. The fourth-order valence-electron chi connectivity index (χ4n) is 2.51. The summed E-state index contributed by atoms with van der Waals surface area (Å²) < 4.78 is 0. The number of hydrogen-bond acceptors (Lipinski definition) is 7. The van der Waals surface area contributed by atoms with Crippen molar-refractivity contribution in [1.82, 2.24) is 15.3 Å². The van der Waals surface area contributed by atoms with Gasteiger partial charge in [0.15, 0.2) is 0 Å². The summed E-state index contributed by atoms with van der Waals surface area (Å²) in [5.74, 6) is 0.849. The zero-order valence-corrected chi connectivity index (χ0v) is 12.6. The smallest absolute Gasteiger partial charge is 0.141 e. The molecule has 0 radical (unpaired) electrons. The number of nitriles is 1. The van der Waals surface area contributed by atoms with Crippen LogP contribution in [0.4, 0.5) is 11.5 Å². The van der Waals surface area contributed by atoms with Crippen molar-refractivity contribution in [3.05, 3.63) is 47.4 Å². The minimum absolute atomic E-state index is 0.193. The van der Waals surface area contributed by atoms with Crippen LogP contribution >= 0.6 is 0 Å². The van der Waals surface area contributed by atoms with E-state index >= 15 is 0 Å². The predicted molar refractivity (Wildman–Crippen MR) is 88.6 cm³/mol. The van der Waals surface area contributed by atoms with Gasteiger partial charge in [-0.15, -0.1) is 0 Å². The van der Waals surface area contributed by atoms with Crippen LogP contribution in [-0.4, -0.2) is 41.9 Å². The number of aromatic nitrogens is 2. The molecule has 7 nitrogen and oxygen atoms in total. The third-order valence-corrected chi connectivity index (χ3v) is 3.75. The van der Waals surface area contributed by atoms with Crippen molar-refractivity contribution in [2.24, 2.45) is 0 Å². The molecule has 0 bridgehead atoms. The first-order chi connectivity index (χ1) is 11.2. The maximum atomic E-state index is 8.97. The quantitative estimate of drug-likeness (QED) is 0.721. The molecule has 0 unspecified atom stereocenters. The highest BCUT2D eigenvalue weighted by Crippen LogP contribution is 2.18. The van der Waals surface area contributed by atoms with Crippen molar-refractivity contribution in [2.45, 2.75) is 0 Å². The molecule has 1 fully saturated rings. The van der Waals surface area contributed by atoms with Crippen molar-refractivity contribution in [3.63, 3.8) is 0 Å². The molecule has 0 saturated carbocycles. The van der Waals surface area contributed by atoms with Crippen LogP contribution in [0.2, 0.25) is 0 Å². The number of rotatable bonds is 3. The molecule has 2 aromatic rings. The third kappa shape index (κ3) is 3.12. The molecule has 4 N–H and O–H groups in total. The van der Waals surface area contributed by atoms with E-state index in [1.807, 2.05) is 18.2 Å². The Balaban J connectivity index is 1.92. The lowest BCUT2D eigenvalue weighted by Gasteiger charge is -2.28. The summed E-state index contributed by atoms with van der Waals surface area (Å²) in [4.78, 5) is 10.7. The van der Waals surface area contributed by atoms with Crippen LogP contribution in [0.5, 0.6) is 0 Å². The minimum atomic E-state index is 0.193. The molecule has 7 heteroatoms. The number of nitrogens with one attached hydrogen (secondary N) is 2. The van der Waals surface area contributed by atoms with E-state index in [0.29, 0.717) is 16.9 Å². The second-order valence-electron chi connectivity index (χ2n) is 5.26. The maximum Gasteiger partial charge on any atom is 0.141 e. The van der Waals surface area contributed by atoms with Gasteiger partial charge in [0.25, 0.3) is 0 Å². The summed E-state index contributed by atoms with van der Waals surface area (Å²) in [5, 5.41) is 20.7. The first-order valence-electron chi connectivity index (χ1n) is 7.36. The Morgan fingerprint density at radius 1 is 1.35 bits per heavy atom. The lowest BCUT2D eigenvalue weighted by atomic mass is 10.1. The predicted octanol–water partition coefficient (Wildman–Crippen LogP) is 0.756. The first-order valence-corrected chi connectivity index (χ1v) is 7.36. The van der Waals surface area contributed by atoms with E-state index in [4.69, 9.17) is 16.4 Å². The molecule has 23 heavy (non-hydrogen) atoms. The molecular formula is C16H17N7. The fraction of sp³-hybridized carbons (Fsp3) is 0.250. The molecule has 0 aliphatic carbocycles. The summed E-state index contributed by atoms with van der Waals surface area (Å²) >= 11 is 0. The van der Waals surface area contributed by atoms with Gasteiger partial charge in [-0.3, -0.25) is 5.41 Å². The van der Waals surface area contributed by atoms with E-state index in [1.54, 1.807) is 6.07 Å².